The van der Waals surface area contributed by atoms with Crippen LogP contribution in [-0.4, -0.2) is 75.2 Å². The molecule has 0 aliphatic carbocycles. The lowest BCUT2D eigenvalue weighted by Crippen LogP contribution is -2.42. The normalized spacial score (nSPS) is 15.6. The highest BCUT2D eigenvalue weighted by Gasteiger charge is 2.10. The fourth-order valence-corrected chi connectivity index (χ4v) is 2.60. The number of hydrogen-bond acceptors (Lipinski definition) is 4. The molecule has 0 aromatic heterocycles. The molecular weight excluding hydrogens is 330 g/mol. The number of aliphatic imine (C=N–C) groups is 1. The topological polar surface area (TPSA) is 69.2 Å². The first-order chi connectivity index (χ1) is 12.6. The van der Waals surface area contributed by atoms with Gasteiger partial charge in [0.2, 0.25) is 5.91 Å². The van der Waals surface area contributed by atoms with Crippen LogP contribution in [0, 0.1) is 0 Å². The van der Waals surface area contributed by atoms with E-state index in [4.69, 9.17) is 4.74 Å². The number of amides is 1. The number of guanidine groups is 1. The molecule has 1 saturated heterocycles. The van der Waals surface area contributed by atoms with E-state index in [1.165, 1.54) is 5.56 Å². The largest absolute Gasteiger partial charge is 0.379 e. The third-order valence-corrected chi connectivity index (χ3v) is 4.20. The molecule has 2 N–H and O–H groups in total. The van der Waals surface area contributed by atoms with Crippen LogP contribution in [0.15, 0.2) is 29.3 Å². The molecular formula is C19H31N5O2. The van der Waals surface area contributed by atoms with Gasteiger partial charge < -0.3 is 20.3 Å². The molecule has 0 bridgehead atoms. The highest BCUT2D eigenvalue weighted by atomic mass is 16.5. The second-order valence-corrected chi connectivity index (χ2v) is 6.54. The highest BCUT2D eigenvalue weighted by molar-refractivity contribution is 5.86. The van der Waals surface area contributed by atoms with E-state index < -0.39 is 0 Å². The summed E-state index contributed by atoms with van der Waals surface area (Å²) in [5.41, 5.74) is 2.45. The van der Waals surface area contributed by atoms with Crippen LogP contribution >= 0.6 is 0 Å². The molecule has 1 aliphatic rings. The SMILES string of the molecule is CCNC(=NCc1ccc(CN2CCOCC2)cc1)NCC(=O)N(C)C. The summed E-state index contributed by atoms with van der Waals surface area (Å²) >= 11 is 0. The Morgan fingerprint density at radius 3 is 2.42 bits per heavy atom. The molecule has 1 heterocycles. The van der Waals surface area contributed by atoms with Gasteiger partial charge >= 0.3 is 0 Å². The molecule has 1 aromatic rings. The van der Waals surface area contributed by atoms with Crippen molar-refractivity contribution in [1.29, 1.82) is 0 Å². The zero-order valence-electron chi connectivity index (χ0n) is 16.1. The van der Waals surface area contributed by atoms with Crippen LogP contribution in [0.25, 0.3) is 0 Å². The lowest BCUT2D eigenvalue weighted by molar-refractivity contribution is -0.127. The minimum absolute atomic E-state index is 0.0167. The van der Waals surface area contributed by atoms with Gasteiger partial charge in [-0.1, -0.05) is 24.3 Å². The van der Waals surface area contributed by atoms with Gasteiger partial charge in [-0.2, -0.15) is 0 Å². The van der Waals surface area contributed by atoms with Crippen molar-refractivity contribution in [3.05, 3.63) is 35.4 Å². The predicted molar refractivity (Wildman–Crippen MR) is 104 cm³/mol. The summed E-state index contributed by atoms with van der Waals surface area (Å²) in [5, 5.41) is 6.23. The van der Waals surface area contributed by atoms with Crippen molar-refractivity contribution < 1.29 is 9.53 Å². The summed E-state index contributed by atoms with van der Waals surface area (Å²) < 4.78 is 5.39. The molecule has 7 nitrogen and oxygen atoms in total. The van der Waals surface area contributed by atoms with Crippen LogP contribution in [0.1, 0.15) is 18.1 Å². The lowest BCUT2D eigenvalue weighted by atomic mass is 10.1. The van der Waals surface area contributed by atoms with Crippen molar-refractivity contribution in [1.82, 2.24) is 20.4 Å². The molecule has 1 aliphatic heterocycles. The molecule has 7 heteroatoms. The van der Waals surface area contributed by atoms with E-state index in [-0.39, 0.29) is 12.5 Å². The Morgan fingerprint density at radius 2 is 1.81 bits per heavy atom. The van der Waals surface area contributed by atoms with E-state index in [0.29, 0.717) is 12.5 Å². The van der Waals surface area contributed by atoms with Crippen LogP contribution in [0.2, 0.25) is 0 Å². The molecule has 1 aromatic carbocycles. The fourth-order valence-electron chi connectivity index (χ4n) is 2.60. The average molecular weight is 361 g/mol. The Kier molecular flexibility index (Phi) is 8.37. The molecule has 0 radical (unpaired) electrons. The Balaban J connectivity index is 1.86. The van der Waals surface area contributed by atoms with Crippen LogP contribution in [0.5, 0.6) is 0 Å². The van der Waals surface area contributed by atoms with Gasteiger partial charge in [0.25, 0.3) is 0 Å². The molecule has 1 amide bonds. The van der Waals surface area contributed by atoms with Crippen LogP contribution in [-0.2, 0) is 22.6 Å². The van der Waals surface area contributed by atoms with Gasteiger partial charge in [0, 0.05) is 40.3 Å². The fraction of sp³-hybridized carbons (Fsp3) is 0.579. The van der Waals surface area contributed by atoms with Gasteiger partial charge in [0.05, 0.1) is 26.3 Å². The molecule has 0 spiro atoms. The average Bonchev–Trinajstić information content (AvgIpc) is 2.65. The van der Waals surface area contributed by atoms with Crippen molar-refractivity contribution in [3.8, 4) is 0 Å². The number of morpholine rings is 1. The number of nitrogens with zero attached hydrogens (tertiary/aromatic N) is 3. The van der Waals surface area contributed by atoms with Crippen molar-refractivity contribution in [2.75, 3.05) is 53.5 Å². The second kappa shape index (κ2) is 10.8. The number of hydrogen-bond donors (Lipinski definition) is 2. The van der Waals surface area contributed by atoms with E-state index in [9.17, 15) is 4.79 Å². The number of likely N-dealkylation sites (N-methyl/N-ethyl adjacent to an activating group) is 1. The number of carbonyl (C=O) groups is 1. The smallest absolute Gasteiger partial charge is 0.241 e. The lowest BCUT2D eigenvalue weighted by Gasteiger charge is -2.26. The summed E-state index contributed by atoms with van der Waals surface area (Å²) in [6.45, 7) is 8.16. The van der Waals surface area contributed by atoms with E-state index in [0.717, 1.165) is 45.0 Å². The van der Waals surface area contributed by atoms with Gasteiger partial charge in [0.1, 0.15) is 0 Å². The third-order valence-electron chi connectivity index (χ3n) is 4.20. The molecule has 1 fully saturated rings. The standard InChI is InChI=1S/C19H31N5O2/c1-4-20-19(22-14-18(25)23(2)3)21-13-16-5-7-17(8-6-16)15-24-9-11-26-12-10-24/h5-8H,4,9-15H2,1-3H3,(H2,20,21,22). The maximum absolute atomic E-state index is 11.7. The van der Waals surface area contributed by atoms with Crippen molar-refractivity contribution in [2.45, 2.75) is 20.0 Å². The number of ether oxygens (including phenoxy) is 1. The monoisotopic (exact) mass is 361 g/mol. The van der Waals surface area contributed by atoms with E-state index in [2.05, 4.69) is 44.8 Å². The van der Waals surface area contributed by atoms with Gasteiger partial charge in [-0.15, -0.1) is 0 Å². The van der Waals surface area contributed by atoms with Crippen LogP contribution in [0.4, 0.5) is 0 Å². The maximum Gasteiger partial charge on any atom is 0.241 e. The molecule has 26 heavy (non-hydrogen) atoms. The predicted octanol–water partition coefficient (Wildman–Crippen LogP) is 0.662. The third kappa shape index (κ3) is 7.01. The van der Waals surface area contributed by atoms with Gasteiger partial charge in [-0.3, -0.25) is 9.69 Å². The van der Waals surface area contributed by atoms with Crippen LogP contribution < -0.4 is 10.6 Å². The van der Waals surface area contributed by atoms with Crippen molar-refractivity contribution >= 4 is 11.9 Å². The number of nitrogens with one attached hydrogen (secondary N) is 2. The quantitative estimate of drug-likeness (QED) is 0.552. The highest BCUT2D eigenvalue weighted by Crippen LogP contribution is 2.10. The molecule has 2 rings (SSSR count). The van der Waals surface area contributed by atoms with Gasteiger partial charge in [-0.25, -0.2) is 4.99 Å². The van der Waals surface area contributed by atoms with E-state index in [1.54, 1.807) is 19.0 Å². The Labute approximate surface area is 156 Å². The summed E-state index contributed by atoms with van der Waals surface area (Å²) in [7, 11) is 3.49. The first-order valence-corrected chi connectivity index (χ1v) is 9.18. The van der Waals surface area contributed by atoms with E-state index >= 15 is 0 Å². The van der Waals surface area contributed by atoms with Crippen molar-refractivity contribution in [2.24, 2.45) is 4.99 Å². The molecule has 0 saturated carbocycles. The zero-order valence-corrected chi connectivity index (χ0v) is 16.1. The first-order valence-electron chi connectivity index (χ1n) is 9.18. The number of benzene rings is 1. The minimum atomic E-state index is 0.0167. The summed E-state index contributed by atoms with van der Waals surface area (Å²) in [5.74, 6) is 0.670. The van der Waals surface area contributed by atoms with Crippen LogP contribution in [0.3, 0.4) is 0 Å². The maximum atomic E-state index is 11.7. The first kappa shape index (κ1) is 20.2. The minimum Gasteiger partial charge on any atom is -0.379 e. The second-order valence-electron chi connectivity index (χ2n) is 6.54. The number of rotatable bonds is 7. The summed E-state index contributed by atoms with van der Waals surface area (Å²) in [4.78, 5) is 20.2. The summed E-state index contributed by atoms with van der Waals surface area (Å²) in [6.07, 6.45) is 0. The molecule has 144 valence electrons. The van der Waals surface area contributed by atoms with E-state index in [1.807, 2.05) is 6.92 Å². The Morgan fingerprint density at radius 1 is 1.15 bits per heavy atom. The Hall–Kier alpha value is -2.12. The van der Waals surface area contributed by atoms with Crippen molar-refractivity contribution in [3.63, 3.8) is 0 Å². The molecule has 0 atom stereocenters. The number of carbonyl (C=O) groups excluding carboxylic acids is 1. The van der Waals surface area contributed by atoms with Gasteiger partial charge in [0.15, 0.2) is 5.96 Å². The van der Waals surface area contributed by atoms with Gasteiger partial charge in [-0.05, 0) is 18.1 Å². The zero-order chi connectivity index (χ0) is 18.8. The molecule has 0 unspecified atom stereocenters. The summed E-state index contributed by atoms with van der Waals surface area (Å²) in [6, 6.07) is 8.56. The Bertz CT molecular complexity index is 580.